The molecule has 0 spiro atoms. The molecule has 0 bridgehead atoms. The number of rotatable bonds is 7. The summed E-state index contributed by atoms with van der Waals surface area (Å²) in [6, 6.07) is 18.6. The molecule has 188 valence electrons. The number of hydrogen-bond donors (Lipinski definition) is 1. The van der Waals surface area contributed by atoms with Gasteiger partial charge in [0, 0.05) is 31.6 Å². The van der Waals surface area contributed by atoms with Gasteiger partial charge in [-0.2, -0.15) is 4.68 Å². The fraction of sp³-hybridized carbons (Fsp3) is 0.357. The molecule has 2 unspecified atom stereocenters. The van der Waals surface area contributed by atoms with Crippen molar-refractivity contribution < 1.29 is 14.3 Å². The number of carbonyl (C=O) groups excluding carboxylic acids is 1. The van der Waals surface area contributed by atoms with E-state index < -0.39 is 0 Å². The molecule has 2 atom stereocenters. The van der Waals surface area contributed by atoms with Crippen LogP contribution in [-0.2, 0) is 4.79 Å². The first-order valence-electron chi connectivity index (χ1n) is 12.8. The van der Waals surface area contributed by atoms with Crippen molar-refractivity contribution in [2.24, 2.45) is 5.92 Å². The zero-order valence-electron chi connectivity index (χ0n) is 20.6. The Bertz CT molecular complexity index is 1500. The van der Waals surface area contributed by atoms with E-state index in [0.717, 1.165) is 36.0 Å². The number of fused-ring (bicyclic) bond motifs is 2. The molecule has 9 nitrogen and oxygen atoms in total. The van der Waals surface area contributed by atoms with Gasteiger partial charge in [-0.3, -0.25) is 4.79 Å². The maximum atomic E-state index is 12.6. The largest absolute Gasteiger partial charge is 0.454 e. The molecule has 3 heterocycles. The van der Waals surface area contributed by atoms with Gasteiger partial charge in [0.05, 0.1) is 11.7 Å². The first-order valence-corrected chi connectivity index (χ1v) is 12.8. The van der Waals surface area contributed by atoms with Gasteiger partial charge in [-0.15, -0.1) is 5.10 Å². The predicted molar refractivity (Wildman–Crippen MR) is 137 cm³/mol. The smallest absolute Gasteiger partial charge is 0.231 e. The predicted octanol–water partition coefficient (Wildman–Crippen LogP) is 3.54. The van der Waals surface area contributed by atoms with Crippen LogP contribution >= 0.6 is 0 Å². The van der Waals surface area contributed by atoms with Crippen molar-refractivity contribution in [2.45, 2.75) is 38.3 Å². The summed E-state index contributed by atoms with van der Waals surface area (Å²) >= 11 is 0. The summed E-state index contributed by atoms with van der Waals surface area (Å²) in [6.45, 7) is 3.83. The number of likely N-dealkylation sites (tertiary alicyclic amines) is 1. The Morgan fingerprint density at radius 1 is 1.05 bits per heavy atom. The van der Waals surface area contributed by atoms with E-state index >= 15 is 0 Å². The minimum atomic E-state index is -0.281. The van der Waals surface area contributed by atoms with Crippen LogP contribution < -0.4 is 14.8 Å². The summed E-state index contributed by atoms with van der Waals surface area (Å²) < 4.78 is 12.8. The summed E-state index contributed by atoms with van der Waals surface area (Å²) in [5.74, 6) is 2.59. The third-order valence-electron chi connectivity index (χ3n) is 7.68. The van der Waals surface area contributed by atoms with Crippen LogP contribution in [0.3, 0.4) is 0 Å². The highest BCUT2D eigenvalue weighted by Crippen LogP contribution is 2.36. The maximum Gasteiger partial charge on any atom is 0.231 e. The first-order chi connectivity index (χ1) is 18.2. The van der Waals surface area contributed by atoms with Gasteiger partial charge in [-0.25, -0.2) is 0 Å². The summed E-state index contributed by atoms with van der Waals surface area (Å²) in [7, 11) is 0. The standard InChI is InChI=1S/C28H28N6O3/c1-17-6-10-23(22-5-3-2-4-21(17)22)27(29-14-18-12-26(35)33(15-18)19-7-8-19)28-30-31-32-34(28)20-9-11-24-25(13-20)37-16-36-24/h2-6,9-11,13,18-19,27,29H,7-8,12,14-16H2,1H3. The molecule has 3 aromatic carbocycles. The van der Waals surface area contributed by atoms with Crippen molar-refractivity contribution in [3.05, 3.63) is 71.5 Å². The number of aromatic nitrogens is 4. The minimum Gasteiger partial charge on any atom is -0.454 e. The molecule has 2 aliphatic heterocycles. The Morgan fingerprint density at radius 2 is 1.89 bits per heavy atom. The van der Waals surface area contributed by atoms with E-state index in [-0.39, 0.29) is 24.7 Å². The van der Waals surface area contributed by atoms with Gasteiger partial charge in [0.15, 0.2) is 17.3 Å². The highest BCUT2D eigenvalue weighted by Gasteiger charge is 2.39. The lowest BCUT2D eigenvalue weighted by molar-refractivity contribution is -0.128. The van der Waals surface area contributed by atoms with E-state index in [4.69, 9.17) is 9.47 Å². The van der Waals surface area contributed by atoms with Crippen LogP contribution in [0.5, 0.6) is 11.5 Å². The molecular weight excluding hydrogens is 468 g/mol. The number of amides is 1. The fourth-order valence-electron chi connectivity index (χ4n) is 5.61. The van der Waals surface area contributed by atoms with Gasteiger partial charge in [0.25, 0.3) is 0 Å². The highest BCUT2D eigenvalue weighted by atomic mass is 16.7. The second-order valence-electron chi connectivity index (χ2n) is 10.2. The molecular formula is C28H28N6O3. The summed E-state index contributed by atoms with van der Waals surface area (Å²) in [5.41, 5.74) is 3.11. The average Bonchev–Trinajstić information content (AvgIpc) is 3.28. The highest BCUT2D eigenvalue weighted by molar-refractivity contribution is 5.89. The summed E-state index contributed by atoms with van der Waals surface area (Å²) in [6.07, 6.45) is 2.85. The van der Waals surface area contributed by atoms with Gasteiger partial charge in [0.2, 0.25) is 12.7 Å². The van der Waals surface area contributed by atoms with Crippen molar-refractivity contribution in [1.82, 2.24) is 30.4 Å². The first kappa shape index (κ1) is 22.2. The van der Waals surface area contributed by atoms with Crippen LogP contribution in [0.1, 0.15) is 42.3 Å². The molecule has 2 fully saturated rings. The summed E-state index contributed by atoms with van der Waals surface area (Å²) in [5, 5.41) is 19.0. The van der Waals surface area contributed by atoms with E-state index in [1.807, 2.05) is 18.2 Å². The quantitative estimate of drug-likeness (QED) is 0.418. The Kier molecular flexibility index (Phi) is 5.32. The number of carbonyl (C=O) groups is 1. The van der Waals surface area contributed by atoms with Gasteiger partial charge < -0.3 is 19.7 Å². The lowest BCUT2D eigenvalue weighted by Gasteiger charge is -2.23. The zero-order valence-corrected chi connectivity index (χ0v) is 20.6. The van der Waals surface area contributed by atoms with Crippen LogP contribution in [0.25, 0.3) is 16.5 Å². The Balaban J connectivity index is 1.27. The van der Waals surface area contributed by atoms with E-state index in [1.54, 1.807) is 4.68 Å². The number of nitrogens with zero attached hydrogens (tertiary/aromatic N) is 5. The monoisotopic (exact) mass is 496 g/mol. The fourth-order valence-corrected chi connectivity index (χ4v) is 5.61. The molecule has 1 saturated carbocycles. The van der Waals surface area contributed by atoms with Gasteiger partial charge in [0.1, 0.15) is 0 Å². The van der Waals surface area contributed by atoms with Crippen LogP contribution in [-0.4, -0.2) is 56.9 Å². The van der Waals surface area contributed by atoms with E-state index in [2.05, 4.69) is 69.1 Å². The Morgan fingerprint density at radius 3 is 2.76 bits per heavy atom. The topological polar surface area (TPSA) is 94.4 Å². The second kappa shape index (κ2) is 8.85. The SMILES string of the molecule is Cc1ccc(C(NCC2CC(=O)N(C3CC3)C2)c2nnnn2-c2ccc3c(c2)OCO3)c2ccccc12. The molecule has 7 rings (SSSR count). The van der Waals surface area contributed by atoms with Crippen molar-refractivity contribution in [3.63, 3.8) is 0 Å². The third kappa shape index (κ3) is 3.99. The van der Waals surface area contributed by atoms with Gasteiger partial charge >= 0.3 is 0 Å². The number of ether oxygens (including phenoxy) is 2. The number of benzene rings is 3. The van der Waals surface area contributed by atoms with Gasteiger partial charge in [-0.05, 0) is 70.1 Å². The van der Waals surface area contributed by atoms with E-state index in [9.17, 15) is 4.79 Å². The third-order valence-corrected chi connectivity index (χ3v) is 7.68. The van der Waals surface area contributed by atoms with Crippen molar-refractivity contribution in [1.29, 1.82) is 0 Å². The molecule has 3 aliphatic rings. The Hall–Kier alpha value is -3.98. The Labute approximate surface area is 214 Å². The molecule has 4 aromatic rings. The lowest BCUT2D eigenvalue weighted by atomic mass is 9.94. The molecule has 1 aromatic heterocycles. The van der Waals surface area contributed by atoms with Crippen LogP contribution in [0.4, 0.5) is 0 Å². The molecule has 1 aliphatic carbocycles. The average molecular weight is 497 g/mol. The zero-order chi connectivity index (χ0) is 24.9. The van der Waals surface area contributed by atoms with Crippen molar-refractivity contribution >= 4 is 16.7 Å². The molecule has 37 heavy (non-hydrogen) atoms. The summed E-state index contributed by atoms with van der Waals surface area (Å²) in [4.78, 5) is 14.7. The molecule has 1 saturated heterocycles. The maximum absolute atomic E-state index is 12.6. The molecule has 1 amide bonds. The number of aryl methyl sites for hydroxylation is 1. The second-order valence-corrected chi connectivity index (χ2v) is 10.2. The van der Waals surface area contributed by atoms with E-state index in [0.29, 0.717) is 36.3 Å². The van der Waals surface area contributed by atoms with E-state index in [1.165, 1.54) is 10.9 Å². The number of hydrogen-bond acceptors (Lipinski definition) is 7. The minimum absolute atomic E-state index is 0.207. The van der Waals surface area contributed by atoms with Crippen LogP contribution in [0, 0.1) is 12.8 Å². The molecule has 9 heteroatoms. The van der Waals surface area contributed by atoms with Crippen molar-refractivity contribution in [3.8, 4) is 17.2 Å². The number of nitrogens with one attached hydrogen (secondary N) is 1. The normalized spacial score (nSPS) is 19.6. The van der Waals surface area contributed by atoms with Crippen LogP contribution in [0.15, 0.2) is 54.6 Å². The van der Waals surface area contributed by atoms with Crippen LogP contribution in [0.2, 0.25) is 0 Å². The number of tetrazole rings is 1. The van der Waals surface area contributed by atoms with Crippen molar-refractivity contribution in [2.75, 3.05) is 19.9 Å². The molecule has 0 radical (unpaired) electrons. The molecule has 1 N–H and O–H groups in total. The van der Waals surface area contributed by atoms with Gasteiger partial charge in [-0.1, -0.05) is 36.4 Å². The lowest BCUT2D eigenvalue weighted by Crippen LogP contribution is -2.32.